The van der Waals surface area contributed by atoms with E-state index in [0.29, 0.717) is 17.9 Å². The van der Waals surface area contributed by atoms with Crippen LogP contribution in [0.3, 0.4) is 0 Å². The smallest absolute Gasteiger partial charge is 0.372 e. The first-order valence-corrected chi connectivity index (χ1v) is 6.80. The lowest BCUT2D eigenvalue weighted by molar-refractivity contribution is -0.174. The summed E-state index contributed by atoms with van der Waals surface area (Å²) in [6.45, 7) is 4.28. The molecule has 0 amide bonds. The molecule has 0 aliphatic heterocycles. The van der Waals surface area contributed by atoms with Crippen molar-refractivity contribution in [2.24, 2.45) is 11.8 Å². The molecule has 0 aromatic heterocycles. The second-order valence-electron chi connectivity index (χ2n) is 5.30. The van der Waals surface area contributed by atoms with E-state index in [4.69, 9.17) is 4.74 Å². The lowest BCUT2D eigenvalue weighted by atomic mass is 9.77. The normalized spacial score (nSPS) is 29.5. The van der Waals surface area contributed by atoms with Crippen LogP contribution in [0.25, 0.3) is 0 Å². The zero-order valence-corrected chi connectivity index (χ0v) is 11.2. The predicted molar refractivity (Wildman–Crippen MR) is 65.5 cm³/mol. The molecule has 3 atom stereocenters. The fourth-order valence-corrected chi connectivity index (χ4v) is 2.77. The van der Waals surface area contributed by atoms with Gasteiger partial charge in [0.25, 0.3) is 0 Å². The first-order valence-electron chi connectivity index (χ1n) is 6.80. The first-order chi connectivity index (χ1) is 8.42. The van der Waals surface area contributed by atoms with Gasteiger partial charge in [-0.1, -0.05) is 13.8 Å². The molecule has 1 aliphatic rings. The van der Waals surface area contributed by atoms with Gasteiger partial charge in [-0.15, -0.1) is 0 Å². The highest BCUT2D eigenvalue weighted by atomic mass is 19.4. The molecule has 1 aliphatic carbocycles. The highest BCUT2D eigenvalue weighted by molar-refractivity contribution is 4.83. The molecule has 18 heavy (non-hydrogen) atoms. The number of rotatable bonds is 6. The molecular formula is C13H24F3NO. The summed E-state index contributed by atoms with van der Waals surface area (Å²) in [7, 11) is 0. The predicted octanol–water partition coefficient (Wildman–Crippen LogP) is 3.37. The van der Waals surface area contributed by atoms with Gasteiger partial charge < -0.3 is 10.1 Å². The van der Waals surface area contributed by atoms with Gasteiger partial charge in [0.1, 0.15) is 6.61 Å². The maximum Gasteiger partial charge on any atom is 0.411 e. The summed E-state index contributed by atoms with van der Waals surface area (Å²) in [5, 5.41) is 3.43. The van der Waals surface area contributed by atoms with E-state index < -0.39 is 12.8 Å². The van der Waals surface area contributed by atoms with E-state index in [0.717, 1.165) is 25.8 Å². The van der Waals surface area contributed by atoms with Crippen molar-refractivity contribution in [1.82, 2.24) is 5.32 Å². The van der Waals surface area contributed by atoms with Crippen molar-refractivity contribution in [2.45, 2.75) is 51.7 Å². The molecule has 0 radical (unpaired) electrons. The van der Waals surface area contributed by atoms with Gasteiger partial charge >= 0.3 is 6.18 Å². The third-order valence-corrected chi connectivity index (χ3v) is 3.61. The van der Waals surface area contributed by atoms with E-state index in [-0.39, 0.29) is 6.61 Å². The Morgan fingerprint density at radius 2 is 2.00 bits per heavy atom. The van der Waals surface area contributed by atoms with E-state index in [2.05, 4.69) is 19.2 Å². The minimum Gasteiger partial charge on any atom is -0.372 e. The zero-order valence-electron chi connectivity index (χ0n) is 11.2. The molecule has 0 bridgehead atoms. The van der Waals surface area contributed by atoms with Gasteiger partial charge in [-0.05, 0) is 44.1 Å². The molecule has 0 aromatic carbocycles. The fraction of sp³-hybridized carbons (Fsp3) is 1.00. The Morgan fingerprint density at radius 3 is 2.61 bits per heavy atom. The van der Waals surface area contributed by atoms with Gasteiger partial charge in [0.2, 0.25) is 0 Å². The summed E-state index contributed by atoms with van der Waals surface area (Å²) in [4.78, 5) is 0. The Balaban J connectivity index is 2.28. The molecule has 0 aromatic rings. The Morgan fingerprint density at radius 1 is 1.28 bits per heavy atom. The number of hydrogen-bond acceptors (Lipinski definition) is 2. The molecule has 1 fully saturated rings. The van der Waals surface area contributed by atoms with Crippen molar-refractivity contribution in [3.05, 3.63) is 0 Å². The molecule has 0 saturated heterocycles. The average molecular weight is 267 g/mol. The maximum absolute atomic E-state index is 11.9. The fourth-order valence-electron chi connectivity index (χ4n) is 2.77. The number of hydrogen-bond donors (Lipinski definition) is 1. The minimum atomic E-state index is -4.21. The number of ether oxygens (including phenoxy) is 1. The Bertz CT molecular complexity index is 233. The number of alkyl halides is 3. The van der Waals surface area contributed by atoms with E-state index in [1.807, 2.05) is 0 Å². The van der Waals surface area contributed by atoms with Crippen LogP contribution in [0, 0.1) is 11.8 Å². The van der Waals surface area contributed by atoms with Crippen LogP contribution in [0.1, 0.15) is 39.5 Å². The topological polar surface area (TPSA) is 21.3 Å². The summed E-state index contributed by atoms with van der Waals surface area (Å²) in [5.41, 5.74) is 0. The summed E-state index contributed by atoms with van der Waals surface area (Å²) in [6, 6.07) is 0.445. The average Bonchev–Trinajstić information content (AvgIpc) is 2.27. The standard InChI is InChI=1S/C13H24F3NO/c1-3-17-12-5-4-10(2)8-11(12)6-7-18-9-13(14,15)16/h10-12,17H,3-9H2,1-2H3. The third-order valence-electron chi connectivity index (χ3n) is 3.61. The van der Waals surface area contributed by atoms with E-state index in [1.165, 1.54) is 6.42 Å². The first kappa shape index (κ1) is 15.8. The number of halogens is 3. The van der Waals surface area contributed by atoms with Crippen molar-refractivity contribution >= 4 is 0 Å². The van der Waals surface area contributed by atoms with Gasteiger partial charge in [0.05, 0.1) is 0 Å². The van der Waals surface area contributed by atoms with Crippen LogP contribution < -0.4 is 5.32 Å². The van der Waals surface area contributed by atoms with Crippen LogP contribution in [0.4, 0.5) is 13.2 Å². The monoisotopic (exact) mass is 267 g/mol. The van der Waals surface area contributed by atoms with Gasteiger partial charge in [0, 0.05) is 12.6 Å². The van der Waals surface area contributed by atoms with E-state index in [9.17, 15) is 13.2 Å². The Labute approximate surface area is 107 Å². The Hall–Kier alpha value is -0.290. The van der Waals surface area contributed by atoms with Crippen molar-refractivity contribution in [2.75, 3.05) is 19.8 Å². The number of nitrogens with one attached hydrogen (secondary N) is 1. The summed E-state index contributed by atoms with van der Waals surface area (Å²) in [6.07, 6.45) is -0.0669. The molecular weight excluding hydrogens is 243 g/mol. The lowest BCUT2D eigenvalue weighted by Gasteiger charge is -2.35. The second-order valence-corrected chi connectivity index (χ2v) is 5.30. The van der Waals surface area contributed by atoms with Crippen molar-refractivity contribution in [1.29, 1.82) is 0 Å². The SMILES string of the molecule is CCNC1CCC(C)CC1CCOCC(F)(F)F. The minimum absolute atomic E-state index is 0.207. The molecule has 108 valence electrons. The molecule has 0 spiro atoms. The van der Waals surface area contributed by atoms with Crippen molar-refractivity contribution in [3.8, 4) is 0 Å². The maximum atomic E-state index is 11.9. The molecule has 5 heteroatoms. The molecule has 0 heterocycles. The molecule has 3 unspecified atom stereocenters. The molecule has 1 saturated carbocycles. The van der Waals surface area contributed by atoms with Crippen LogP contribution >= 0.6 is 0 Å². The van der Waals surface area contributed by atoms with Crippen molar-refractivity contribution in [3.63, 3.8) is 0 Å². The molecule has 2 nitrogen and oxygen atoms in total. The zero-order chi connectivity index (χ0) is 13.6. The van der Waals surface area contributed by atoms with Crippen LogP contribution in [0.15, 0.2) is 0 Å². The third kappa shape index (κ3) is 6.05. The summed E-state index contributed by atoms with van der Waals surface area (Å²) < 4.78 is 40.5. The molecule has 1 rings (SSSR count). The van der Waals surface area contributed by atoms with Crippen LogP contribution in [-0.4, -0.2) is 32.0 Å². The second kappa shape index (κ2) is 7.34. The van der Waals surface area contributed by atoms with Gasteiger partial charge in [-0.2, -0.15) is 13.2 Å². The van der Waals surface area contributed by atoms with Crippen LogP contribution in [0.5, 0.6) is 0 Å². The highest BCUT2D eigenvalue weighted by Gasteiger charge is 2.29. The van der Waals surface area contributed by atoms with Crippen LogP contribution in [-0.2, 0) is 4.74 Å². The summed E-state index contributed by atoms with van der Waals surface area (Å²) >= 11 is 0. The Kier molecular flexibility index (Phi) is 6.43. The van der Waals surface area contributed by atoms with Gasteiger partial charge in [0.15, 0.2) is 0 Å². The van der Waals surface area contributed by atoms with Gasteiger partial charge in [-0.3, -0.25) is 0 Å². The quantitative estimate of drug-likeness (QED) is 0.745. The lowest BCUT2D eigenvalue weighted by Crippen LogP contribution is -2.40. The van der Waals surface area contributed by atoms with Crippen molar-refractivity contribution < 1.29 is 17.9 Å². The highest BCUT2D eigenvalue weighted by Crippen LogP contribution is 2.31. The summed E-state index contributed by atoms with van der Waals surface area (Å²) in [5.74, 6) is 1.12. The van der Waals surface area contributed by atoms with Crippen LogP contribution in [0.2, 0.25) is 0 Å². The van der Waals surface area contributed by atoms with E-state index >= 15 is 0 Å². The van der Waals surface area contributed by atoms with E-state index in [1.54, 1.807) is 0 Å². The molecule has 1 N–H and O–H groups in total. The van der Waals surface area contributed by atoms with Gasteiger partial charge in [-0.25, -0.2) is 0 Å². The largest absolute Gasteiger partial charge is 0.411 e.